The fourth-order valence-electron chi connectivity index (χ4n) is 1.91. The molecule has 17 heavy (non-hydrogen) atoms. The molecule has 0 aliphatic heterocycles. The predicted octanol–water partition coefficient (Wildman–Crippen LogP) is 2.57. The van der Waals surface area contributed by atoms with Gasteiger partial charge in [0.2, 0.25) is 5.91 Å². The van der Waals surface area contributed by atoms with Crippen LogP contribution in [0.4, 0.5) is 0 Å². The molecule has 0 bridgehead atoms. The average Bonchev–Trinajstić information content (AvgIpc) is 3.18. The van der Waals surface area contributed by atoms with Crippen molar-refractivity contribution in [3.05, 3.63) is 0 Å². The molecule has 1 amide bonds. The summed E-state index contributed by atoms with van der Waals surface area (Å²) in [5.74, 6) is 0.703. The molecule has 100 valence electrons. The third-order valence-corrected chi connectivity index (χ3v) is 2.90. The van der Waals surface area contributed by atoms with Crippen molar-refractivity contribution in [3.63, 3.8) is 0 Å². The SMILES string of the molecule is CC.O=C(NC1CCCCC1)C1CC1.O=CO. The molecule has 0 unspecified atom stereocenters. The zero-order chi connectivity index (χ0) is 13.1. The molecule has 0 atom stereocenters. The van der Waals surface area contributed by atoms with Gasteiger partial charge in [-0.2, -0.15) is 0 Å². The second kappa shape index (κ2) is 10.1. The highest BCUT2D eigenvalue weighted by molar-refractivity contribution is 5.81. The van der Waals surface area contributed by atoms with E-state index in [4.69, 9.17) is 9.90 Å². The number of nitrogens with one attached hydrogen (secondary N) is 1. The minimum absolute atomic E-state index is 0.250. The Hall–Kier alpha value is -1.06. The Labute approximate surface area is 104 Å². The van der Waals surface area contributed by atoms with Crippen molar-refractivity contribution in [1.29, 1.82) is 0 Å². The second-order valence-corrected chi connectivity index (χ2v) is 4.22. The van der Waals surface area contributed by atoms with Crippen LogP contribution in [0.15, 0.2) is 0 Å². The van der Waals surface area contributed by atoms with E-state index >= 15 is 0 Å². The standard InChI is InChI=1S/C10H17NO.C2H6.CH2O2/c12-10(8-6-7-8)11-9-4-2-1-3-5-9;1-2;2-1-3/h8-9H,1-7H2,(H,11,12);1-2H3;1H,(H,2,3). The molecule has 0 saturated heterocycles. The van der Waals surface area contributed by atoms with Crippen LogP contribution in [0.3, 0.4) is 0 Å². The normalized spacial score (nSPS) is 18.9. The van der Waals surface area contributed by atoms with Crippen LogP contribution in [0.5, 0.6) is 0 Å². The van der Waals surface area contributed by atoms with Gasteiger partial charge in [-0.25, -0.2) is 0 Å². The number of carbonyl (C=O) groups is 2. The van der Waals surface area contributed by atoms with Crippen molar-refractivity contribution >= 4 is 12.4 Å². The van der Waals surface area contributed by atoms with E-state index in [-0.39, 0.29) is 6.47 Å². The van der Waals surface area contributed by atoms with E-state index in [0.29, 0.717) is 17.9 Å². The topological polar surface area (TPSA) is 66.4 Å². The first-order valence-electron chi connectivity index (χ1n) is 6.66. The third kappa shape index (κ3) is 7.77. The molecule has 0 aromatic rings. The van der Waals surface area contributed by atoms with Gasteiger partial charge >= 0.3 is 0 Å². The number of carbonyl (C=O) groups excluding carboxylic acids is 1. The van der Waals surface area contributed by atoms with Crippen LogP contribution < -0.4 is 5.32 Å². The molecule has 0 spiro atoms. The van der Waals surface area contributed by atoms with Gasteiger partial charge < -0.3 is 10.4 Å². The summed E-state index contributed by atoms with van der Waals surface area (Å²) in [6.07, 6.45) is 8.62. The molecule has 2 aliphatic rings. The van der Waals surface area contributed by atoms with Gasteiger partial charge in [0.1, 0.15) is 0 Å². The summed E-state index contributed by atoms with van der Waals surface area (Å²) in [5, 5.41) is 10.0. The Bertz CT molecular complexity index is 209. The Kier molecular flexibility index (Phi) is 9.49. The van der Waals surface area contributed by atoms with Crippen LogP contribution in [0, 0.1) is 5.92 Å². The largest absolute Gasteiger partial charge is 0.483 e. The maximum Gasteiger partial charge on any atom is 0.290 e. The van der Waals surface area contributed by atoms with E-state index < -0.39 is 0 Å². The van der Waals surface area contributed by atoms with Crippen LogP contribution in [0.25, 0.3) is 0 Å². The van der Waals surface area contributed by atoms with Crippen molar-refractivity contribution in [3.8, 4) is 0 Å². The summed E-state index contributed by atoms with van der Waals surface area (Å²) < 4.78 is 0. The zero-order valence-electron chi connectivity index (χ0n) is 10.9. The van der Waals surface area contributed by atoms with Gasteiger partial charge in [-0.3, -0.25) is 9.59 Å². The van der Waals surface area contributed by atoms with Crippen molar-refractivity contribution in [2.75, 3.05) is 0 Å². The maximum atomic E-state index is 11.4. The van der Waals surface area contributed by atoms with Crippen molar-refractivity contribution in [2.24, 2.45) is 5.92 Å². The quantitative estimate of drug-likeness (QED) is 0.732. The fourth-order valence-corrected chi connectivity index (χ4v) is 1.91. The highest BCUT2D eigenvalue weighted by Crippen LogP contribution is 2.29. The summed E-state index contributed by atoms with van der Waals surface area (Å²) in [4.78, 5) is 19.7. The average molecular weight is 243 g/mol. The summed E-state index contributed by atoms with van der Waals surface area (Å²) in [7, 11) is 0. The molecule has 2 aliphatic carbocycles. The van der Waals surface area contributed by atoms with Gasteiger partial charge in [0.15, 0.2) is 0 Å². The lowest BCUT2D eigenvalue weighted by Gasteiger charge is -2.22. The van der Waals surface area contributed by atoms with E-state index in [1.807, 2.05) is 13.8 Å². The molecule has 2 N–H and O–H groups in total. The lowest BCUT2D eigenvalue weighted by atomic mass is 9.95. The maximum absolute atomic E-state index is 11.4. The van der Waals surface area contributed by atoms with Crippen molar-refractivity contribution in [2.45, 2.75) is 64.8 Å². The molecule has 0 heterocycles. The lowest BCUT2D eigenvalue weighted by molar-refractivity contribution is -0.123. The molecule has 0 radical (unpaired) electrons. The summed E-state index contributed by atoms with van der Waals surface area (Å²) in [5.41, 5.74) is 0. The van der Waals surface area contributed by atoms with Crippen molar-refractivity contribution < 1.29 is 14.7 Å². The Morgan fingerprint density at radius 2 is 1.59 bits per heavy atom. The molecular weight excluding hydrogens is 218 g/mol. The molecule has 2 rings (SSSR count). The Balaban J connectivity index is 0.000000450. The first-order chi connectivity index (χ1) is 8.27. The van der Waals surface area contributed by atoms with Gasteiger partial charge in [-0.1, -0.05) is 33.1 Å². The van der Waals surface area contributed by atoms with E-state index in [1.54, 1.807) is 0 Å². The van der Waals surface area contributed by atoms with Crippen LogP contribution in [-0.4, -0.2) is 23.5 Å². The summed E-state index contributed by atoms with van der Waals surface area (Å²) >= 11 is 0. The molecule has 4 nitrogen and oxygen atoms in total. The fraction of sp³-hybridized carbons (Fsp3) is 0.846. The minimum Gasteiger partial charge on any atom is -0.483 e. The molecule has 0 aromatic carbocycles. The minimum atomic E-state index is -0.250. The van der Waals surface area contributed by atoms with E-state index in [2.05, 4.69) is 5.32 Å². The second-order valence-electron chi connectivity index (χ2n) is 4.22. The van der Waals surface area contributed by atoms with Crippen molar-refractivity contribution in [1.82, 2.24) is 5.32 Å². The monoisotopic (exact) mass is 243 g/mol. The lowest BCUT2D eigenvalue weighted by Crippen LogP contribution is -2.37. The first-order valence-corrected chi connectivity index (χ1v) is 6.66. The highest BCUT2D eigenvalue weighted by atomic mass is 16.3. The van der Waals surface area contributed by atoms with Gasteiger partial charge in [0, 0.05) is 12.0 Å². The van der Waals surface area contributed by atoms with Crippen LogP contribution in [0.2, 0.25) is 0 Å². The predicted molar refractivity (Wildman–Crippen MR) is 67.8 cm³/mol. The summed E-state index contributed by atoms with van der Waals surface area (Å²) in [6.45, 7) is 3.75. The zero-order valence-corrected chi connectivity index (χ0v) is 10.9. The van der Waals surface area contributed by atoms with Gasteiger partial charge in [0.05, 0.1) is 0 Å². The number of rotatable bonds is 2. The Morgan fingerprint density at radius 1 is 1.12 bits per heavy atom. The van der Waals surface area contributed by atoms with Gasteiger partial charge in [-0.05, 0) is 25.7 Å². The smallest absolute Gasteiger partial charge is 0.290 e. The summed E-state index contributed by atoms with van der Waals surface area (Å²) in [6, 6.07) is 0.506. The molecule has 0 aromatic heterocycles. The molecule has 4 heteroatoms. The number of hydrogen-bond donors (Lipinski definition) is 2. The van der Waals surface area contributed by atoms with Crippen LogP contribution in [0.1, 0.15) is 58.8 Å². The Morgan fingerprint density at radius 3 is 2.00 bits per heavy atom. The highest BCUT2D eigenvalue weighted by Gasteiger charge is 2.30. The van der Waals surface area contributed by atoms with E-state index in [0.717, 1.165) is 12.8 Å². The van der Waals surface area contributed by atoms with Gasteiger partial charge in [0.25, 0.3) is 6.47 Å². The van der Waals surface area contributed by atoms with Crippen LogP contribution in [-0.2, 0) is 9.59 Å². The van der Waals surface area contributed by atoms with Gasteiger partial charge in [-0.15, -0.1) is 0 Å². The van der Waals surface area contributed by atoms with Crippen LogP contribution >= 0.6 is 0 Å². The van der Waals surface area contributed by atoms with E-state index in [1.165, 1.54) is 32.1 Å². The van der Waals surface area contributed by atoms with E-state index in [9.17, 15) is 4.79 Å². The molecular formula is C13H25NO3. The number of carboxylic acid groups (broad SMARTS) is 1. The third-order valence-electron chi connectivity index (χ3n) is 2.90. The molecule has 2 fully saturated rings. The number of amides is 1. The first kappa shape index (κ1) is 15.9. The molecule has 2 saturated carbocycles. The number of hydrogen-bond acceptors (Lipinski definition) is 2.